The molecule has 3 nitrogen and oxygen atoms in total. The lowest BCUT2D eigenvalue weighted by Gasteiger charge is -2.05. The summed E-state index contributed by atoms with van der Waals surface area (Å²) in [6.07, 6.45) is 0. The number of hydrogen-bond donors (Lipinski definition) is 1. The van der Waals surface area contributed by atoms with Gasteiger partial charge in [-0.15, -0.1) is 0 Å². The topological polar surface area (TPSA) is 42.2 Å². The number of hydrogen-bond acceptors (Lipinski definition) is 2. The molecule has 1 heterocycles. The van der Waals surface area contributed by atoms with Gasteiger partial charge in [0.2, 0.25) is 0 Å². The minimum absolute atomic E-state index is 0.248. The largest absolute Gasteiger partial charge is 0.451 e. The van der Waals surface area contributed by atoms with E-state index in [1.165, 1.54) is 6.07 Å². The lowest BCUT2D eigenvalue weighted by Crippen LogP contribution is -2.22. The molecular weight excluding hydrogens is 269 g/mol. The second-order valence-electron chi connectivity index (χ2n) is 4.91. The number of para-hydroxylation sites is 1. The van der Waals surface area contributed by atoms with Crippen molar-refractivity contribution in [1.82, 2.24) is 5.32 Å². The van der Waals surface area contributed by atoms with E-state index in [9.17, 15) is 9.18 Å². The number of nitrogens with one attached hydrogen (secondary N) is 1. The molecule has 1 N–H and O–H groups in total. The molecule has 0 fully saturated rings. The third-order valence-electron chi connectivity index (χ3n) is 3.32. The van der Waals surface area contributed by atoms with Crippen molar-refractivity contribution in [2.24, 2.45) is 0 Å². The van der Waals surface area contributed by atoms with Crippen LogP contribution in [0.1, 0.15) is 21.7 Å². The van der Waals surface area contributed by atoms with Gasteiger partial charge in [-0.05, 0) is 36.2 Å². The zero-order valence-electron chi connectivity index (χ0n) is 11.5. The maximum absolute atomic E-state index is 13.2. The van der Waals surface area contributed by atoms with Crippen molar-refractivity contribution in [3.63, 3.8) is 0 Å². The van der Waals surface area contributed by atoms with Crippen molar-refractivity contribution in [3.05, 3.63) is 71.2 Å². The maximum atomic E-state index is 13.2. The van der Waals surface area contributed by atoms with Crippen LogP contribution in [-0.4, -0.2) is 5.91 Å². The summed E-state index contributed by atoms with van der Waals surface area (Å²) in [6.45, 7) is 2.02. The highest BCUT2D eigenvalue weighted by Crippen LogP contribution is 2.18. The Labute approximate surface area is 121 Å². The fourth-order valence-corrected chi connectivity index (χ4v) is 2.18. The molecule has 0 atom stereocenters. The number of amides is 1. The molecule has 2 aromatic carbocycles. The summed E-state index contributed by atoms with van der Waals surface area (Å²) in [5.41, 5.74) is 2.09. The number of carbonyl (C=O) groups excluding carboxylic acids is 1. The summed E-state index contributed by atoms with van der Waals surface area (Å²) in [5, 5.41) is 3.66. The van der Waals surface area contributed by atoms with Gasteiger partial charge in [-0.1, -0.05) is 30.3 Å². The summed E-state index contributed by atoms with van der Waals surface area (Å²) >= 11 is 0. The highest BCUT2D eigenvalue weighted by atomic mass is 19.1. The second-order valence-corrected chi connectivity index (χ2v) is 4.91. The zero-order chi connectivity index (χ0) is 14.8. The first-order valence-electron chi connectivity index (χ1n) is 6.65. The van der Waals surface area contributed by atoms with Crippen LogP contribution >= 0.6 is 0 Å². The van der Waals surface area contributed by atoms with E-state index in [-0.39, 0.29) is 17.5 Å². The van der Waals surface area contributed by atoms with Crippen LogP contribution < -0.4 is 5.32 Å². The number of rotatable bonds is 3. The van der Waals surface area contributed by atoms with Crippen molar-refractivity contribution in [3.8, 4) is 0 Å². The molecule has 21 heavy (non-hydrogen) atoms. The lowest BCUT2D eigenvalue weighted by atomic mass is 10.1. The lowest BCUT2D eigenvalue weighted by molar-refractivity contribution is 0.0925. The highest BCUT2D eigenvalue weighted by Gasteiger charge is 2.11. The Kier molecular flexibility index (Phi) is 3.44. The molecule has 3 rings (SSSR count). The van der Waals surface area contributed by atoms with Gasteiger partial charge in [0.15, 0.2) is 5.76 Å². The standard InChI is InChI=1S/C17H14FNO2/c1-11-8-12(6-7-14(11)18)10-19-17(20)16-9-13-4-2-3-5-15(13)21-16/h2-9H,10H2,1H3,(H,19,20). The van der Waals surface area contributed by atoms with Crippen molar-refractivity contribution < 1.29 is 13.6 Å². The average molecular weight is 283 g/mol. The van der Waals surface area contributed by atoms with Crippen LogP contribution in [-0.2, 0) is 6.54 Å². The normalized spacial score (nSPS) is 10.8. The van der Waals surface area contributed by atoms with Gasteiger partial charge in [0.25, 0.3) is 5.91 Å². The van der Waals surface area contributed by atoms with Crippen LogP contribution in [0.15, 0.2) is 52.9 Å². The third kappa shape index (κ3) is 2.79. The first-order chi connectivity index (χ1) is 10.1. The molecule has 0 aliphatic rings. The predicted octanol–water partition coefficient (Wildman–Crippen LogP) is 3.81. The minimum atomic E-state index is -0.284. The van der Waals surface area contributed by atoms with Crippen LogP contribution in [0.4, 0.5) is 4.39 Å². The SMILES string of the molecule is Cc1cc(CNC(=O)c2cc3ccccc3o2)ccc1F. The number of benzene rings is 2. The van der Waals surface area contributed by atoms with E-state index in [1.807, 2.05) is 24.3 Å². The molecule has 3 aromatic rings. The van der Waals surface area contributed by atoms with Gasteiger partial charge in [0.1, 0.15) is 11.4 Å². The summed E-state index contributed by atoms with van der Waals surface area (Å²) in [5.74, 6) is -0.259. The van der Waals surface area contributed by atoms with E-state index < -0.39 is 0 Å². The molecule has 0 aliphatic carbocycles. The summed E-state index contributed by atoms with van der Waals surface area (Å²) in [7, 11) is 0. The molecule has 0 saturated heterocycles. The number of furan rings is 1. The summed E-state index contributed by atoms with van der Waals surface area (Å²) in [6, 6.07) is 13.9. The van der Waals surface area contributed by atoms with E-state index in [0.29, 0.717) is 17.7 Å². The first kappa shape index (κ1) is 13.4. The third-order valence-corrected chi connectivity index (χ3v) is 3.32. The molecule has 0 unspecified atom stereocenters. The molecule has 0 spiro atoms. The second kappa shape index (κ2) is 5.40. The van der Waals surface area contributed by atoms with Gasteiger partial charge in [-0.25, -0.2) is 4.39 Å². The summed E-state index contributed by atoms with van der Waals surface area (Å²) < 4.78 is 18.7. The van der Waals surface area contributed by atoms with E-state index in [1.54, 1.807) is 25.1 Å². The Morgan fingerprint density at radius 3 is 2.76 bits per heavy atom. The average Bonchev–Trinajstić information content (AvgIpc) is 2.92. The minimum Gasteiger partial charge on any atom is -0.451 e. The van der Waals surface area contributed by atoms with Crippen molar-refractivity contribution in [2.75, 3.05) is 0 Å². The number of halogens is 1. The van der Waals surface area contributed by atoms with Crippen LogP contribution in [0.5, 0.6) is 0 Å². The quantitative estimate of drug-likeness (QED) is 0.794. The number of aryl methyl sites for hydroxylation is 1. The van der Waals surface area contributed by atoms with Crippen molar-refractivity contribution >= 4 is 16.9 Å². The molecule has 0 saturated carbocycles. The number of carbonyl (C=O) groups is 1. The highest BCUT2D eigenvalue weighted by molar-refractivity contribution is 5.95. The van der Waals surface area contributed by atoms with Gasteiger partial charge < -0.3 is 9.73 Å². The molecular formula is C17H14FNO2. The van der Waals surface area contributed by atoms with Gasteiger partial charge in [0, 0.05) is 11.9 Å². The smallest absolute Gasteiger partial charge is 0.287 e. The van der Waals surface area contributed by atoms with E-state index >= 15 is 0 Å². The van der Waals surface area contributed by atoms with Gasteiger partial charge in [-0.2, -0.15) is 0 Å². The maximum Gasteiger partial charge on any atom is 0.287 e. The van der Waals surface area contributed by atoms with Gasteiger partial charge in [-0.3, -0.25) is 4.79 Å². The molecule has 0 bridgehead atoms. The van der Waals surface area contributed by atoms with Crippen molar-refractivity contribution in [2.45, 2.75) is 13.5 Å². The molecule has 1 aromatic heterocycles. The summed E-state index contributed by atoms with van der Waals surface area (Å²) in [4.78, 5) is 12.1. The Bertz CT molecular complexity index is 774. The van der Waals surface area contributed by atoms with Crippen LogP contribution in [0.3, 0.4) is 0 Å². The van der Waals surface area contributed by atoms with Gasteiger partial charge in [0.05, 0.1) is 0 Å². The molecule has 0 aliphatic heterocycles. The first-order valence-corrected chi connectivity index (χ1v) is 6.65. The van der Waals surface area contributed by atoms with E-state index in [0.717, 1.165) is 10.9 Å². The van der Waals surface area contributed by atoms with E-state index in [2.05, 4.69) is 5.32 Å². The Morgan fingerprint density at radius 1 is 1.19 bits per heavy atom. The fraction of sp³-hybridized carbons (Fsp3) is 0.118. The van der Waals surface area contributed by atoms with Crippen molar-refractivity contribution in [1.29, 1.82) is 0 Å². The van der Waals surface area contributed by atoms with Crippen LogP contribution in [0, 0.1) is 12.7 Å². The van der Waals surface area contributed by atoms with Crippen LogP contribution in [0.2, 0.25) is 0 Å². The van der Waals surface area contributed by atoms with E-state index in [4.69, 9.17) is 4.42 Å². The zero-order valence-corrected chi connectivity index (χ0v) is 11.5. The monoisotopic (exact) mass is 283 g/mol. The Morgan fingerprint density at radius 2 is 2.00 bits per heavy atom. The molecule has 1 amide bonds. The Hall–Kier alpha value is -2.62. The molecule has 0 radical (unpaired) electrons. The van der Waals surface area contributed by atoms with Crippen LogP contribution in [0.25, 0.3) is 11.0 Å². The number of fused-ring (bicyclic) bond motifs is 1. The fourth-order valence-electron chi connectivity index (χ4n) is 2.18. The predicted molar refractivity (Wildman–Crippen MR) is 78.5 cm³/mol. The Balaban J connectivity index is 1.72. The van der Waals surface area contributed by atoms with Gasteiger partial charge >= 0.3 is 0 Å². The molecule has 106 valence electrons. The molecule has 4 heteroatoms.